The smallest absolute Gasteiger partial charge is 0.226 e. The molecule has 30 heavy (non-hydrogen) atoms. The number of carbonyl (C=O) groups is 1. The Bertz CT molecular complexity index is 1280. The van der Waals surface area contributed by atoms with Crippen LogP contribution in [0.1, 0.15) is 29.2 Å². The number of aromatic nitrogens is 6. The molecule has 2 N–H and O–H groups in total. The van der Waals surface area contributed by atoms with Gasteiger partial charge in [0.05, 0.1) is 26.2 Å². The number of ether oxygens (including phenoxy) is 2. The minimum Gasteiger partial charge on any atom is -0.497 e. The van der Waals surface area contributed by atoms with E-state index >= 15 is 0 Å². The van der Waals surface area contributed by atoms with E-state index in [-0.39, 0.29) is 18.2 Å². The third-order valence-corrected chi connectivity index (χ3v) is 5.32. The number of nitrogens with zero attached hydrogens (tertiary/aromatic N) is 5. The number of H-pyrrole nitrogens is 1. The van der Waals surface area contributed by atoms with Crippen molar-refractivity contribution in [1.29, 1.82) is 0 Å². The van der Waals surface area contributed by atoms with Crippen molar-refractivity contribution < 1.29 is 14.3 Å². The van der Waals surface area contributed by atoms with Gasteiger partial charge in [0.25, 0.3) is 0 Å². The van der Waals surface area contributed by atoms with Crippen LogP contribution in [0.3, 0.4) is 0 Å². The number of carbonyl (C=O) groups excluding carboxylic acids is 1. The summed E-state index contributed by atoms with van der Waals surface area (Å²) in [5.74, 6) is 2.11. The third-order valence-electron chi connectivity index (χ3n) is 5.32. The highest BCUT2D eigenvalue weighted by Crippen LogP contribution is 2.44. The lowest BCUT2D eigenvalue weighted by molar-refractivity contribution is -0.116. The number of benzene rings is 1. The Morgan fingerprint density at radius 2 is 2.03 bits per heavy atom. The number of amides is 1. The van der Waals surface area contributed by atoms with Crippen LogP contribution in [0.25, 0.3) is 17.0 Å². The van der Waals surface area contributed by atoms with Crippen LogP contribution < -0.4 is 14.8 Å². The number of aromatic amines is 1. The molecule has 4 heterocycles. The Kier molecular flexibility index (Phi) is 4.12. The molecular formula is C20H19N7O3. The Labute approximate surface area is 171 Å². The molecule has 0 saturated heterocycles. The van der Waals surface area contributed by atoms with Gasteiger partial charge in [0.2, 0.25) is 5.91 Å². The lowest BCUT2D eigenvalue weighted by Gasteiger charge is -2.26. The molecule has 0 unspecified atom stereocenters. The highest BCUT2D eigenvalue weighted by Gasteiger charge is 2.35. The van der Waals surface area contributed by atoms with Crippen LogP contribution >= 0.6 is 0 Å². The SMILES string of the molecule is COc1ccc(OC)c([C@@H]2CC(=O)Nc3c2c(C)nn3-c2ncnc3nc[nH]c23)c1. The second kappa shape index (κ2) is 6.83. The second-order valence-corrected chi connectivity index (χ2v) is 6.97. The molecule has 10 heteroatoms. The molecule has 0 spiro atoms. The molecule has 0 bridgehead atoms. The van der Waals surface area contributed by atoms with Crippen LogP contribution in [0.2, 0.25) is 0 Å². The van der Waals surface area contributed by atoms with Crippen LogP contribution in [0.15, 0.2) is 30.9 Å². The topological polar surface area (TPSA) is 120 Å². The fourth-order valence-corrected chi connectivity index (χ4v) is 3.99. The second-order valence-electron chi connectivity index (χ2n) is 6.97. The minimum absolute atomic E-state index is 0.117. The van der Waals surface area contributed by atoms with Gasteiger partial charge in [-0.1, -0.05) is 0 Å². The van der Waals surface area contributed by atoms with Gasteiger partial charge in [-0.25, -0.2) is 15.0 Å². The van der Waals surface area contributed by atoms with Crippen LogP contribution in [0.4, 0.5) is 5.82 Å². The number of aryl methyl sites for hydroxylation is 1. The first-order valence-corrected chi connectivity index (χ1v) is 9.36. The normalized spacial score (nSPS) is 15.7. The van der Waals surface area contributed by atoms with Gasteiger partial charge >= 0.3 is 0 Å². The van der Waals surface area contributed by atoms with Crippen molar-refractivity contribution in [3.05, 3.63) is 47.7 Å². The number of fused-ring (bicyclic) bond motifs is 2. The van der Waals surface area contributed by atoms with E-state index in [0.29, 0.717) is 34.3 Å². The average Bonchev–Trinajstić information content (AvgIpc) is 3.37. The molecule has 0 fully saturated rings. The first-order valence-electron chi connectivity index (χ1n) is 9.36. The van der Waals surface area contributed by atoms with Crippen LogP contribution in [-0.2, 0) is 4.79 Å². The van der Waals surface area contributed by atoms with E-state index in [9.17, 15) is 4.79 Å². The minimum atomic E-state index is -0.244. The standard InChI is InChI=1S/C20H19N7O3/c1-10-16-13(12-6-11(29-2)4-5-14(12)30-3)7-15(28)25-19(16)27(26-10)20-17-18(22-8-21-17)23-9-24-20/h4-6,8-9,13H,7H2,1-3H3,(H,25,28)(H,21,22,23,24)/t13-/m0/s1. The van der Waals surface area contributed by atoms with Crippen molar-refractivity contribution in [2.75, 3.05) is 19.5 Å². The molecule has 1 aliphatic rings. The zero-order chi connectivity index (χ0) is 20.8. The molecule has 0 saturated carbocycles. The van der Waals surface area contributed by atoms with E-state index in [1.807, 2.05) is 25.1 Å². The van der Waals surface area contributed by atoms with Crippen molar-refractivity contribution >= 4 is 22.9 Å². The maximum atomic E-state index is 12.7. The molecule has 1 amide bonds. The monoisotopic (exact) mass is 405 g/mol. The highest BCUT2D eigenvalue weighted by molar-refractivity contribution is 5.95. The predicted octanol–water partition coefficient (Wildman–Crippen LogP) is 2.34. The quantitative estimate of drug-likeness (QED) is 0.535. The number of anilines is 1. The molecule has 10 nitrogen and oxygen atoms in total. The first kappa shape index (κ1) is 18.1. The van der Waals surface area contributed by atoms with E-state index in [1.165, 1.54) is 6.33 Å². The Morgan fingerprint density at radius 3 is 2.83 bits per heavy atom. The van der Waals surface area contributed by atoms with Gasteiger partial charge < -0.3 is 19.8 Å². The lowest BCUT2D eigenvalue weighted by atomic mass is 9.85. The van der Waals surface area contributed by atoms with Crippen LogP contribution in [-0.4, -0.2) is 49.8 Å². The van der Waals surface area contributed by atoms with Crippen molar-refractivity contribution in [1.82, 2.24) is 29.7 Å². The zero-order valence-corrected chi connectivity index (χ0v) is 16.6. The summed E-state index contributed by atoms with van der Waals surface area (Å²) in [5.41, 5.74) is 3.72. The van der Waals surface area contributed by atoms with Gasteiger partial charge in [0.15, 0.2) is 11.5 Å². The molecule has 4 aromatic rings. The lowest BCUT2D eigenvalue weighted by Crippen LogP contribution is -2.25. The summed E-state index contributed by atoms with van der Waals surface area (Å²) in [6.07, 6.45) is 3.25. The van der Waals surface area contributed by atoms with Crippen molar-refractivity contribution in [2.24, 2.45) is 0 Å². The van der Waals surface area contributed by atoms with Gasteiger partial charge in [-0.15, -0.1) is 0 Å². The van der Waals surface area contributed by atoms with Crippen molar-refractivity contribution in [2.45, 2.75) is 19.3 Å². The molecule has 1 aliphatic heterocycles. The van der Waals surface area contributed by atoms with Gasteiger partial charge in [-0.3, -0.25) is 4.79 Å². The van der Waals surface area contributed by atoms with Crippen molar-refractivity contribution in [3.8, 4) is 17.3 Å². The summed E-state index contributed by atoms with van der Waals surface area (Å²) >= 11 is 0. The average molecular weight is 405 g/mol. The number of methoxy groups -OCH3 is 2. The number of hydrogen-bond donors (Lipinski definition) is 2. The van der Waals surface area contributed by atoms with E-state index in [2.05, 4.69) is 25.3 Å². The molecular weight excluding hydrogens is 386 g/mol. The summed E-state index contributed by atoms with van der Waals surface area (Å²) in [5, 5.41) is 7.66. The number of nitrogens with one attached hydrogen (secondary N) is 2. The number of rotatable bonds is 4. The molecule has 5 rings (SSSR count). The van der Waals surface area contributed by atoms with Crippen molar-refractivity contribution in [3.63, 3.8) is 0 Å². The van der Waals surface area contributed by atoms with Gasteiger partial charge in [0, 0.05) is 23.5 Å². The summed E-state index contributed by atoms with van der Waals surface area (Å²) in [6, 6.07) is 5.58. The Balaban J connectivity index is 1.73. The van der Waals surface area contributed by atoms with Gasteiger partial charge in [-0.2, -0.15) is 9.78 Å². The van der Waals surface area contributed by atoms with Gasteiger partial charge in [0.1, 0.15) is 29.2 Å². The number of hydrogen-bond acceptors (Lipinski definition) is 7. The molecule has 0 radical (unpaired) electrons. The maximum Gasteiger partial charge on any atom is 0.226 e. The Morgan fingerprint density at radius 1 is 1.17 bits per heavy atom. The molecule has 0 aliphatic carbocycles. The van der Waals surface area contributed by atoms with Crippen LogP contribution in [0, 0.1) is 6.92 Å². The summed E-state index contributed by atoms with van der Waals surface area (Å²) < 4.78 is 12.6. The molecule has 1 atom stereocenters. The van der Waals surface area contributed by atoms with E-state index in [4.69, 9.17) is 14.6 Å². The molecule has 1 aromatic carbocycles. The van der Waals surface area contributed by atoms with E-state index in [1.54, 1.807) is 25.2 Å². The molecule has 152 valence electrons. The molecule has 3 aromatic heterocycles. The summed E-state index contributed by atoms with van der Waals surface area (Å²) in [7, 11) is 3.22. The van der Waals surface area contributed by atoms with E-state index in [0.717, 1.165) is 16.8 Å². The fraction of sp³-hybridized carbons (Fsp3) is 0.250. The summed E-state index contributed by atoms with van der Waals surface area (Å²) in [6.45, 7) is 1.91. The fourth-order valence-electron chi connectivity index (χ4n) is 3.99. The maximum absolute atomic E-state index is 12.7. The van der Waals surface area contributed by atoms with E-state index < -0.39 is 0 Å². The third kappa shape index (κ3) is 2.68. The highest BCUT2D eigenvalue weighted by atomic mass is 16.5. The summed E-state index contributed by atoms with van der Waals surface area (Å²) in [4.78, 5) is 28.4. The van der Waals surface area contributed by atoms with Crippen LogP contribution in [0.5, 0.6) is 11.5 Å². The van der Waals surface area contributed by atoms with Gasteiger partial charge in [-0.05, 0) is 25.1 Å². The Hall–Kier alpha value is -3.95. The number of imidazole rings is 1. The first-order chi connectivity index (χ1) is 14.6. The predicted molar refractivity (Wildman–Crippen MR) is 108 cm³/mol. The zero-order valence-electron chi connectivity index (χ0n) is 16.6. The largest absolute Gasteiger partial charge is 0.497 e.